The van der Waals surface area contributed by atoms with E-state index in [1.54, 1.807) is 17.0 Å². The summed E-state index contributed by atoms with van der Waals surface area (Å²) in [5.74, 6) is -1.85. The summed E-state index contributed by atoms with van der Waals surface area (Å²) in [6.07, 6.45) is -0.153. The van der Waals surface area contributed by atoms with Gasteiger partial charge in [0.15, 0.2) is 0 Å². The van der Waals surface area contributed by atoms with Gasteiger partial charge in [-0.05, 0) is 40.8 Å². The standard InChI is InChI=1S/C24H26Cl2N2O4S/c1-24(2,3)13-28-18-9-8-14(25)10-16(18)22(15-6-4-5-7-17(15)26)33-19(23(28)32)11-20(29)27-12-21(30)31/h4-10,19,22H,11-13H2,1-3H3,(H,27,29)(H,30,31). The molecule has 0 saturated carbocycles. The van der Waals surface area contributed by atoms with E-state index >= 15 is 0 Å². The zero-order valence-corrected chi connectivity index (χ0v) is 20.9. The molecule has 1 aliphatic rings. The first-order valence-corrected chi connectivity index (χ1v) is 12.2. The van der Waals surface area contributed by atoms with Gasteiger partial charge in [-0.25, -0.2) is 0 Å². The number of amides is 2. The normalized spacial score (nSPS) is 18.5. The molecule has 3 rings (SSSR count). The lowest BCUT2D eigenvalue weighted by Crippen LogP contribution is -2.44. The first kappa shape index (κ1) is 25.4. The molecular formula is C24H26Cl2N2O4S. The molecule has 6 nitrogen and oxygen atoms in total. The van der Waals surface area contributed by atoms with Crippen LogP contribution < -0.4 is 10.2 Å². The molecule has 2 atom stereocenters. The number of carbonyl (C=O) groups is 3. The Hall–Kier alpha value is -2.22. The zero-order valence-electron chi connectivity index (χ0n) is 18.6. The van der Waals surface area contributed by atoms with Gasteiger partial charge in [0.1, 0.15) is 6.54 Å². The summed E-state index contributed by atoms with van der Waals surface area (Å²) in [7, 11) is 0. The van der Waals surface area contributed by atoms with Crippen LogP contribution in [0.3, 0.4) is 0 Å². The minimum atomic E-state index is -1.14. The first-order valence-electron chi connectivity index (χ1n) is 10.5. The molecule has 1 aliphatic heterocycles. The predicted molar refractivity (Wildman–Crippen MR) is 133 cm³/mol. The summed E-state index contributed by atoms with van der Waals surface area (Å²) in [5, 5.41) is 11.2. The van der Waals surface area contributed by atoms with Crippen molar-refractivity contribution in [1.82, 2.24) is 5.32 Å². The quantitative estimate of drug-likeness (QED) is 0.561. The van der Waals surface area contributed by atoms with Gasteiger partial charge in [0.05, 0.1) is 10.5 Å². The second kappa shape index (κ2) is 10.4. The summed E-state index contributed by atoms with van der Waals surface area (Å²) in [5.41, 5.74) is 2.17. The lowest BCUT2D eigenvalue weighted by atomic mass is 9.94. The number of halogens is 2. The van der Waals surface area contributed by atoms with Gasteiger partial charge >= 0.3 is 5.97 Å². The number of aliphatic carboxylic acids is 1. The molecule has 2 unspecified atom stereocenters. The highest BCUT2D eigenvalue weighted by atomic mass is 35.5. The third kappa shape index (κ3) is 6.43. The van der Waals surface area contributed by atoms with Crippen molar-refractivity contribution in [2.24, 2.45) is 5.41 Å². The maximum atomic E-state index is 13.7. The summed E-state index contributed by atoms with van der Waals surface area (Å²) in [6, 6.07) is 12.8. The number of nitrogens with zero attached hydrogens (tertiary/aromatic N) is 1. The monoisotopic (exact) mass is 508 g/mol. The van der Waals surface area contributed by atoms with Crippen LogP contribution in [0.4, 0.5) is 5.69 Å². The number of benzene rings is 2. The molecule has 0 spiro atoms. The maximum Gasteiger partial charge on any atom is 0.322 e. The second-order valence-corrected chi connectivity index (χ2v) is 11.2. The van der Waals surface area contributed by atoms with Gasteiger partial charge in [-0.3, -0.25) is 14.4 Å². The van der Waals surface area contributed by atoms with Gasteiger partial charge in [-0.1, -0.05) is 62.2 Å². The molecule has 176 valence electrons. The molecule has 0 aliphatic carbocycles. The van der Waals surface area contributed by atoms with Crippen molar-refractivity contribution in [2.75, 3.05) is 18.0 Å². The number of carbonyl (C=O) groups excluding carboxylic acids is 2. The fourth-order valence-corrected chi connectivity index (χ4v) is 5.68. The summed E-state index contributed by atoms with van der Waals surface area (Å²) in [4.78, 5) is 38.8. The van der Waals surface area contributed by atoms with Crippen LogP contribution in [0.25, 0.3) is 0 Å². The molecule has 2 aromatic carbocycles. The largest absolute Gasteiger partial charge is 0.480 e. The molecule has 2 aromatic rings. The Labute approximate surface area is 207 Å². The van der Waals surface area contributed by atoms with Crippen LogP contribution in [0, 0.1) is 5.41 Å². The Morgan fingerprint density at radius 3 is 2.45 bits per heavy atom. The van der Waals surface area contributed by atoms with Crippen LogP contribution in [0.1, 0.15) is 43.6 Å². The van der Waals surface area contributed by atoms with E-state index in [1.807, 2.05) is 51.1 Å². The average Bonchev–Trinajstić information content (AvgIpc) is 2.82. The molecule has 1 heterocycles. The van der Waals surface area contributed by atoms with Crippen LogP contribution in [-0.2, 0) is 14.4 Å². The highest BCUT2D eigenvalue weighted by Crippen LogP contribution is 2.49. The number of anilines is 1. The van der Waals surface area contributed by atoms with E-state index in [0.717, 1.165) is 16.8 Å². The van der Waals surface area contributed by atoms with Crippen molar-refractivity contribution < 1.29 is 19.5 Å². The number of thioether (sulfide) groups is 1. The topological polar surface area (TPSA) is 86.7 Å². The van der Waals surface area contributed by atoms with Crippen LogP contribution in [0.2, 0.25) is 10.0 Å². The van der Waals surface area contributed by atoms with Crippen LogP contribution in [-0.4, -0.2) is 41.2 Å². The highest BCUT2D eigenvalue weighted by molar-refractivity contribution is 8.01. The smallest absolute Gasteiger partial charge is 0.322 e. The van der Waals surface area contributed by atoms with Gasteiger partial charge in [0.25, 0.3) is 0 Å². The third-order valence-corrected chi connectivity index (χ3v) is 7.09. The van der Waals surface area contributed by atoms with Gasteiger partial charge in [-0.15, -0.1) is 11.8 Å². The van der Waals surface area contributed by atoms with Gasteiger partial charge in [0, 0.05) is 28.7 Å². The molecule has 2 amide bonds. The van der Waals surface area contributed by atoms with Crippen LogP contribution >= 0.6 is 35.0 Å². The van der Waals surface area contributed by atoms with E-state index in [4.69, 9.17) is 28.3 Å². The molecule has 0 fully saturated rings. The predicted octanol–water partition coefficient (Wildman–Crippen LogP) is 5.17. The van der Waals surface area contributed by atoms with E-state index in [2.05, 4.69) is 5.32 Å². The van der Waals surface area contributed by atoms with Crippen molar-refractivity contribution in [3.63, 3.8) is 0 Å². The van der Waals surface area contributed by atoms with Gasteiger partial charge in [0.2, 0.25) is 11.8 Å². The third-order valence-electron chi connectivity index (χ3n) is 5.03. The Morgan fingerprint density at radius 2 is 1.82 bits per heavy atom. The number of fused-ring (bicyclic) bond motifs is 1. The van der Waals surface area contributed by atoms with E-state index in [-0.39, 0.29) is 23.0 Å². The molecule has 0 aromatic heterocycles. The van der Waals surface area contributed by atoms with E-state index < -0.39 is 23.7 Å². The second-order valence-electron chi connectivity index (χ2n) is 9.09. The fourth-order valence-electron chi connectivity index (χ4n) is 3.69. The Morgan fingerprint density at radius 1 is 1.12 bits per heavy atom. The number of hydrogen-bond donors (Lipinski definition) is 2. The number of nitrogens with one attached hydrogen (secondary N) is 1. The molecular weight excluding hydrogens is 483 g/mol. The Kier molecular flexibility index (Phi) is 7.98. The number of hydrogen-bond acceptors (Lipinski definition) is 4. The van der Waals surface area contributed by atoms with Crippen molar-refractivity contribution in [2.45, 2.75) is 37.7 Å². The summed E-state index contributed by atoms with van der Waals surface area (Å²) < 4.78 is 0. The zero-order chi connectivity index (χ0) is 24.3. The molecule has 0 radical (unpaired) electrons. The number of rotatable bonds is 6. The number of carboxylic acid groups (broad SMARTS) is 1. The minimum absolute atomic E-state index is 0.153. The maximum absolute atomic E-state index is 13.7. The van der Waals surface area contributed by atoms with Crippen molar-refractivity contribution in [3.8, 4) is 0 Å². The Balaban J connectivity index is 2.11. The number of carboxylic acids is 1. The van der Waals surface area contributed by atoms with Crippen LogP contribution in [0.15, 0.2) is 42.5 Å². The lowest BCUT2D eigenvalue weighted by Gasteiger charge is -2.31. The highest BCUT2D eigenvalue weighted by Gasteiger charge is 2.39. The Bertz CT molecular complexity index is 1070. The SMILES string of the molecule is CC(C)(C)CN1C(=O)C(CC(=O)NCC(=O)O)SC(c2ccccc2Cl)c2cc(Cl)ccc21. The van der Waals surface area contributed by atoms with Crippen molar-refractivity contribution in [1.29, 1.82) is 0 Å². The van der Waals surface area contributed by atoms with Crippen molar-refractivity contribution in [3.05, 3.63) is 63.6 Å². The van der Waals surface area contributed by atoms with Gasteiger partial charge in [-0.2, -0.15) is 0 Å². The average molecular weight is 509 g/mol. The molecule has 0 bridgehead atoms. The van der Waals surface area contributed by atoms with E-state index in [0.29, 0.717) is 16.6 Å². The minimum Gasteiger partial charge on any atom is -0.480 e. The fraction of sp³-hybridized carbons (Fsp3) is 0.375. The molecule has 2 N–H and O–H groups in total. The molecule has 0 saturated heterocycles. The van der Waals surface area contributed by atoms with E-state index in [1.165, 1.54) is 11.8 Å². The van der Waals surface area contributed by atoms with Crippen LogP contribution in [0.5, 0.6) is 0 Å². The summed E-state index contributed by atoms with van der Waals surface area (Å²) in [6.45, 7) is 6.04. The summed E-state index contributed by atoms with van der Waals surface area (Å²) >= 11 is 14.2. The lowest BCUT2D eigenvalue weighted by molar-refractivity contribution is -0.137. The van der Waals surface area contributed by atoms with E-state index in [9.17, 15) is 14.4 Å². The molecule has 33 heavy (non-hydrogen) atoms. The van der Waals surface area contributed by atoms with Crippen molar-refractivity contribution >= 4 is 58.4 Å². The van der Waals surface area contributed by atoms with Gasteiger partial charge < -0.3 is 15.3 Å². The first-order chi connectivity index (χ1) is 15.5. The molecule has 9 heteroatoms.